The van der Waals surface area contributed by atoms with Crippen molar-refractivity contribution < 1.29 is 4.79 Å². The average Bonchev–Trinajstić information content (AvgIpc) is 3.46. The first-order chi connectivity index (χ1) is 20.3. The molecule has 0 aliphatic carbocycles. The second kappa shape index (κ2) is 11.4. The Balaban J connectivity index is 1.32. The van der Waals surface area contributed by atoms with Crippen LogP contribution in [0.15, 0.2) is 91.1 Å². The first-order valence-corrected chi connectivity index (χ1v) is 14.7. The maximum Gasteiger partial charge on any atom is 0.226 e. The van der Waals surface area contributed by atoms with E-state index >= 15 is 0 Å². The van der Waals surface area contributed by atoms with Crippen LogP contribution in [0.5, 0.6) is 0 Å². The zero-order valence-corrected chi connectivity index (χ0v) is 25.2. The van der Waals surface area contributed by atoms with E-state index in [1.165, 1.54) is 16.7 Å². The SMILES string of the molecule is Cc1cc(C)cc(-n2c(C)cc([C@@H]3[C@H](c4ccccn4)NC(=S)N3CCC(=O)Nc3cccc4ccccc34)c2C)c1. The number of nitrogens with zero attached hydrogens (tertiary/aromatic N) is 3. The summed E-state index contributed by atoms with van der Waals surface area (Å²) in [5.74, 6) is -0.0464. The number of fused-ring (bicyclic) bond motifs is 1. The number of aryl methyl sites for hydroxylation is 3. The molecule has 3 heterocycles. The largest absolute Gasteiger partial charge is 0.352 e. The van der Waals surface area contributed by atoms with Gasteiger partial charge in [0.25, 0.3) is 0 Å². The number of nitrogens with one attached hydrogen (secondary N) is 2. The van der Waals surface area contributed by atoms with Crippen molar-refractivity contribution in [2.24, 2.45) is 0 Å². The van der Waals surface area contributed by atoms with Crippen molar-refractivity contribution in [2.75, 3.05) is 11.9 Å². The van der Waals surface area contributed by atoms with Gasteiger partial charge in [-0.05, 0) is 98.4 Å². The van der Waals surface area contributed by atoms with Crippen molar-refractivity contribution in [1.82, 2.24) is 19.8 Å². The van der Waals surface area contributed by atoms with Crippen LogP contribution in [0.1, 0.15) is 52.3 Å². The van der Waals surface area contributed by atoms with Gasteiger partial charge in [0.2, 0.25) is 5.91 Å². The molecule has 1 fully saturated rings. The fourth-order valence-electron chi connectivity index (χ4n) is 6.32. The number of pyridine rings is 1. The first-order valence-electron chi connectivity index (χ1n) is 14.3. The number of carbonyl (C=O) groups excluding carboxylic acids is 1. The third-order valence-electron chi connectivity index (χ3n) is 8.09. The fraction of sp³-hybridized carbons (Fsp3) is 0.229. The molecular formula is C35H35N5OS. The maximum atomic E-state index is 13.3. The van der Waals surface area contributed by atoms with Gasteiger partial charge in [-0.2, -0.15) is 0 Å². The molecule has 0 spiro atoms. The molecule has 3 aromatic carbocycles. The van der Waals surface area contributed by atoms with Gasteiger partial charge in [0, 0.05) is 47.3 Å². The van der Waals surface area contributed by atoms with Gasteiger partial charge in [0.05, 0.1) is 17.8 Å². The Morgan fingerprint density at radius 1 is 0.929 bits per heavy atom. The van der Waals surface area contributed by atoms with Crippen LogP contribution in [0.3, 0.4) is 0 Å². The van der Waals surface area contributed by atoms with Crippen molar-refractivity contribution in [3.8, 4) is 5.69 Å². The Labute approximate surface area is 252 Å². The first kappa shape index (κ1) is 27.7. The molecule has 0 saturated carbocycles. The minimum atomic E-state index is -0.145. The van der Waals surface area contributed by atoms with E-state index in [1.54, 1.807) is 0 Å². The van der Waals surface area contributed by atoms with Gasteiger partial charge in [0.15, 0.2) is 5.11 Å². The van der Waals surface area contributed by atoms with Crippen LogP contribution in [-0.2, 0) is 4.79 Å². The quantitative estimate of drug-likeness (QED) is 0.201. The number of aromatic nitrogens is 2. The van der Waals surface area contributed by atoms with Crippen LogP contribution in [0.25, 0.3) is 16.5 Å². The normalized spacial score (nSPS) is 16.6. The monoisotopic (exact) mass is 573 g/mol. The van der Waals surface area contributed by atoms with Crippen LogP contribution in [-0.4, -0.2) is 32.0 Å². The van der Waals surface area contributed by atoms with Crippen LogP contribution in [0.4, 0.5) is 5.69 Å². The highest BCUT2D eigenvalue weighted by atomic mass is 32.1. The molecule has 0 bridgehead atoms. The van der Waals surface area contributed by atoms with Gasteiger partial charge in [-0.1, -0.05) is 48.5 Å². The number of anilines is 1. The molecule has 6 nitrogen and oxygen atoms in total. The molecule has 5 aromatic rings. The number of hydrogen-bond acceptors (Lipinski definition) is 3. The van der Waals surface area contributed by atoms with E-state index < -0.39 is 0 Å². The predicted molar refractivity (Wildman–Crippen MR) is 174 cm³/mol. The lowest BCUT2D eigenvalue weighted by Crippen LogP contribution is -2.33. The summed E-state index contributed by atoms with van der Waals surface area (Å²) in [6.07, 6.45) is 2.11. The summed E-state index contributed by atoms with van der Waals surface area (Å²) in [5.41, 5.74) is 8.82. The third kappa shape index (κ3) is 5.28. The fourth-order valence-corrected chi connectivity index (χ4v) is 6.65. The lowest BCUT2D eigenvalue weighted by Gasteiger charge is -2.28. The summed E-state index contributed by atoms with van der Waals surface area (Å²) in [6.45, 7) is 9.05. The average molecular weight is 574 g/mol. The number of carbonyl (C=O) groups is 1. The van der Waals surface area contributed by atoms with E-state index in [-0.39, 0.29) is 18.0 Å². The number of benzene rings is 3. The predicted octanol–water partition coefficient (Wildman–Crippen LogP) is 7.26. The van der Waals surface area contributed by atoms with Crippen molar-refractivity contribution in [2.45, 2.75) is 46.2 Å². The number of rotatable bonds is 7. The molecule has 2 N–H and O–H groups in total. The summed E-state index contributed by atoms with van der Waals surface area (Å²) in [6, 6.07) is 28.6. The van der Waals surface area contributed by atoms with Crippen molar-refractivity contribution in [3.63, 3.8) is 0 Å². The second-order valence-corrected chi connectivity index (χ2v) is 11.5. The Morgan fingerprint density at radius 3 is 2.43 bits per heavy atom. The standard InChI is InChI=1S/C35H35N5OS/c1-22-18-23(2)20-27(19-22)40-24(3)21-29(25(40)4)34-33(31-13-7-8-16-36-31)38-35(42)39(34)17-15-32(41)37-30-14-9-11-26-10-5-6-12-28(26)30/h5-14,16,18-21,33-34H,15,17H2,1-4H3,(H,37,41)(H,38,42)/t33-,34+/m0/s1. The van der Waals surface area contributed by atoms with Gasteiger partial charge in [-0.3, -0.25) is 9.78 Å². The van der Waals surface area contributed by atoms with Crippen molar-refractivity contribution in [1.29, 1.82) is 0 Å². The molecule has 1 aliphatic heterocycles. The lowest BCUT2D eigenvalue weighted by atomic mass is 9.96. The highest BCUT2D eigenvalue weighted by Crippen LogP contribution is 2.41. The Kier molecular flexibility index (Phi) is 7.52. The van der Waals surface area contributed by atoms with Crippen LogP contribution >= 0.6 is 12.2 Å². The maximum absolute atomic E-state index is 13.3. The molecule has 0 unspecified atom stereocenters. The lowest BCUT2D eigenvalue weighted by molar-refractivity contribution is -0.116. The highest BCUT2D eigenvalue weighted by molar-refractivity contribution is 7.80. The molecule has 1 aliphatic rings. The number of thiocarbonyl (C=S) groups is 1. The van der Waals surface area contributed by atoms with E-state index in [2.05, 4.69) is 84.2 Å². The topological polar surface area (TPSA) is 62.2 Å². The van der Waals surface area contributed by atoms with Crippen molar-refractivity contribution >= 4 is 39.7 Å². The molecule has 212 valence electrons. The van der Waals surface area contributed by atoms with Crippen LogP contribution < -0.4 is 10.6 Å². The summed E-state index contributed by atoms with van der Waals surface area (Å²) in [4.78, 5) is 20.1. The minimum Gasteiger partial charge on any atom is -0.352 e. The van der Waals surface area contributed by atoms with Gasteiger partial charge in [0.1, 0.15) is 0 Å². The van der Waals surface area contributed by atoms with E-state index in [1.807, 2.05) is 54.7 Å². The zero-order valence-electron chi connectivity index (χ0n) is 24.4. The van der Waals surface area contributed by atoms with Gasteiger partial charge in [-0.15, -0.1) is 0 Å². The molecule has 2 atom stereocenters. The van der Waals surface area contributed by atoms with Gasteiger partial charge in [-0.25, -0.2) is 0 Å². The molecule has 7 heteroatoms. The Hall–Kier alpha value is -4.49. The summed E-state index contributed by atoms with van der Waals surface area (Å²) in [7, 11) is 0. The van der Waals surface area contributed by atoms with Gasteiger partial charge >= 0.3 is 0 Å². The Bertz CT molecular complexity index is 1770. The summed E-state index contributed by atoms with van der Waals surface area (Å²) in [5, 5.41) is 9.42. The molecule has 0 radical (unpaired) electrons. The molecule has 1 saturated heterocycles. The van der Waals surface area contributed by atoms with Crippen LogP contribution in [0, 0.1) is 27.7 Å². The molecule has 2 aromatic heterocycles. The van der Waals surface area contributed by atoms with E-state index in [9.17, 15) is 4.79 Å². The Morgan fingerprint density at radius 2 is 1.67 bits per heavy atom. The molecular weight excluding hydrogens is 538 g/mol. The number of amides is 1. The third-order valence-corrected chi connectivity index (χ3v) is 8.45. The van der Waals surface area contributed by atoms with Gasteiger partial charge < -0.3 is 20.1 Å². The molecule has 6 rings (SSSR count). The number of hydrogen-bond donors (Lipinski definition) is 2. The van der Waals surface area contributed by atoms with E-state index in [4.69, 9.17) is 17.2 Å². The van der Waals surface area contributed by atoms with E-state index in [0.717, 1.165) is 39.2 Å². The van der Waals surface area contributed by atoms with Crippen molar-refractivity contribution in [3.05, 3.63) is 125 Å². The van der Waals surface area contributed by atoms with E-state index in [0.29, 0.717) is 18.1 Å². The molecule has 1 amide bonds. The summed E-state index contributed by atoms with van der Waals surface area (Å²) < 4.78 is 2.32. The second-order valence-electron chi connectivity index (χ2n) is 11.2. The minimum absolute atomic E-state index is 0.0464. The smallest absolute Gasteiger partial charge is 0.226 e. The van der Waals surface area contributed by atoms with Crippen LogP contribution in [0.2, 0.25) is 0 Å². The molecule has 42 heavy (non-hydrogen) atoms. The summed E-state index contributed by atoms with van der Waals surface area (Å²) >= 11 is 5.90. The highest BCUT2D eigenvalue weighted by Gasteiger charge is 2.41. The zero-order chi connectivity index (χ0) is 29.4.